The highest BCUT2D eigenvalue weighted by molar-refractivity contribution is 6.30. The van der Waals surface area contributed by atoms with Crippen molar-refractivity contribution >= 4 is 17.5 Å². The number of hydrogen-bond acceptors (Lipinski definition) is 4. The molecule has 0 aliphatic carbocycles. The van der Waals surface area contributed by atoms with E-state index in [-0.39, 0.29) is 17.9 Å². The molecule has 1 amide bonds. The monoisotopic (exact) mass is 549 g/mol. The molecule has 1 unspecified atom stereocenters. The maximum absolute atomic E-state index is 13.0. The second-order valence-electron chi connectivity index (χ2n) is 8.56. The Morgan fingerprint density at radius 1 is 1.05 bits per heavy atom. The summed E-state index contributed by atoms with van der Waals surface area (Å²) in [6.45, 7) is -0.254. The van der Waals surface area contributed by atoms with Gasteiger partial charge in [-0.1, -0.05) is 23.7 Å². The van der Waals surface area contributed by atoms with Gasteiger partial charge in [-0.25, -0.2) is 9.48 Å². The van der Waals surface area contributed by atoms with E-state index in [1.54, 1.807) is 0 Å². The number of carbonyl (C=O) groups excluding carboxylic acids is 1. The van der Waals surface area contributed by atoms with E-state index in [1.165, 1.54) is 43.3 Å². The first kappa shape index (κ1) is 28.3. The molecule has 1 heterocycles. The van der Waals surface area contributed by atoms with Crippen molar-refractivity contribution in [3.63, 3.8) is 0 Å². The van der Waals surface area contributed by atoms with Crippen molar-refractivity contribution in [2.45, 2.75) is 44.3 Å². The van der Waals surface area contributed by atoms with Crippen LogP contribution in [0.5, 0.6) is 0 Å². The third-order valence-corrected chi connectivity index (χ3v) is 5.69. The zero-order valence-corrected chi connectivity index (χ0v) is 20.1. The third kappa shape index (κ3) is 7.35. The topological polar surface area (TPSA) is 94.9 Å². The van der Waals surface area contributed by atoms with Crippen molar-refractivity contribution in [3.05, 3.63) is 75.2 Å². The summed E-state index contributed by atoms with van der Waals surface area (Å²) in [5, 5.41) is 6.83. The maximum atomic E-state index is 13.0. The van der Waals surface area contributed by atoms with Crippen LogP contribution in [0.1, 0.15) is 24.5 Å². The molecule has 0 saturated heterocycles. The number of nitrogens with two attached hydrogens (primary N) is 1. The Morgan fingerprint density at radius 3 is 2.27 bits per heavy atom. The minimum Gasteiger partial charge on any atom is -0.352 e. The number of nitrogens with one attached hydrogen (secondary N) is 1. The molecule has 3 aromatic rings. The summed E-state index contributed by atoms with van der Waals surface area (Å²) >= 11 is 5.85. The number of aromatic nitrogens is 3. The van der Waals surface area contributed by atoms with E-state index in [9.17, 15) is 35.9 Å². The van der Waals surface area contributed by atoms with E-state index in [0.717, 1.165) is 16.7 Å². The van der Waals surface area contributed by atoms with Crippen LogP contribution in [0.15, 0.2) is 53.3 Å². The van der Waals surface area contributed by atoms with E-state index in [1.807, 2.05) is 0 Å². The van der Waals surface area contributed by atoms with Crippen molar-refractivity contribution in [2.75, 3.05) is 6.54 Å². The van der Waals surface area contributed by atoms with Gasteiger partial charge in [0.25, 0.3) is 0 Å². The Balaban J connectivity index is 1.79. The van der Waals surface area contributed by atoms with Crippen molar-refractivity contribution in [1.82, 2.24) is 19.7 Å². The van der Waals surface area contributed by atoms with Gasteiger partial charge in [0.2, 0.25) is 5.91 Å². The molecule has 3 N–H and O–H groups in total. The average Bonchev–Trinajstić information content (AvgIpc) is 3.11. The molecule has 0 radical (unpaired) electrons. The van der Waals surface area contributed by atoms with E-state index < -0.39 is 54.6 Å². The van der Waals surface area contributed by atoms with Gasteiger partial charge in [-0.15, -0.1) is 5.10 Å². The lowest BCUT2D eigenvalue weighted by atomic mass is 9.91. The predicted octanol–water partition coefficient (Wildman–Crippen LogP) is 4.33. The fourth-order valence-electron chi connectivity index (χ4n) is 3.42. The van der Waals surface area contributed by atoms with Crippen LogP contribution in [0.25, 0.3) is 11.4 Å². The summed E-state index contributed by atoms with van der Waals surface area (Å²) in [4.78, 5) is 25.3. The average molecular weight is 550 g/mol. The summed E-state index contributed by atoms with van der Waals surface area (Å²) in [6, 6.07) is 10.2. The lowest BCUT2D eigenvalue weighted by molar-refractivity contribution is -0.138. The smallest absolute Gasteiger partial charge is 0.352 e. The van der Waals surface area contributed by atoms with Gasteiger partial charge in [-0.05, 0) is 48.9 Å². The van der Waals surface area contributed by atoms with E-state index in [0.29, 0.717) is 15.3 Å². The van der Waals surface area contributed by atoms with Gasteiger partial charge < -0.3 is 11.1 Å². The molecule has 37 heavy (non-hydrogen) atoms. The van der Waals surface area contributed by atoms with Gasteiger partial charge in [-0.2, -0.15) is 26.3 Å². The highest BCUT2D eigenvalue weighted by Crippen LogP contribution is 2.31. The third-order valence-electron chi connectivity index (χ3n) is 5.44. The number of hydrogen-bond donors (Lipinski definition) is 2. The van der Waals surface area contributed by atoms with Crippen molar-refractivity contribution < 1.29 is 31.1 Å². The summed E-state index contributed by atoms with van der Waals surface area (Å²) in [5.74, 6) is -0.861. The molecule has 0 aliphatic rings. The SMILES string of the molecule is CC(N)(CNC(=O)Cn1nc(-c2ccc(Cl)cc2)n(CCC(F)(F)F)c1=O)c1cccc(C(F)(F)F)c1. The molecule has 1 atom stereocenters. The van der Waals surface area contributed by atoms with Crippen LogP contribution in [-0.2, 0) is 29.6 Å². The highest BCUT2D eigenvalue weighted by Gasteiger charge is 2.33. The largest absolute Gasteiger partial charge is 0.416 e. The zero-order valence-electron chi connectivity index (χ0n) is 19.3. The number of rotatable bonds is 8. The molecular formula is C23H22ClF6N5O2. The van der Waals surface area contributed by atoms with E-state index in [2.05, 4.69) is 10.4 Å². The zero-order chi connectivity index (χ0) is 27.6. The first-order valence-electron chi connectivity index (χ1n) is 10.8. The van der Waals surface area contributed by atoms with Crippen LogP contribution in [0.2, 0.25) is 5.02 Å². The molecule has 200 valence electrons. The Kier molecular flexibility index (Phi) is 8.08. The normalized spacial score (nSPS) is 13.9. The first-order valence-corrected chi connectivity index (χ1v) is 11.2. The first-order chi connectivity index (χ1) is 17.1. The van der Waals surface area contributed by atoms with E-state index in [4.69, 9.17) is 17.3 Å². The number of amides is 1. The Hall–Kier alpha value is -3.32. The number of alkyl halides is 6. The number of halogens is 7. The Bertz CT molecular complexity index is 1310. The lowest BCUT2D eigenvalue weighted by Gasteiger charge is -2.26. The highest BCUT2D eigenvalue weighted by atomic mass is 35.5. The van der Waals surface area contributed by atoms with Crippen LogP contribution in [0, 0.1) is 0 Å². The van der Waals surface area contributed by atoms with Crippen LogP contribution in [0.3, 0.4) is 0 Å². The summed E-state index contributed by atoms with van der Waals surface area (Å²) in [5.41, 5.74) is 3.30. The van der Waals surface area contributed by atoms with Gasteiger partial charge in [0.15, 0.2) is 5.82 Å². The Labute approximate surface area is 211 Å². The molecule has 2 aromatic carbocycles. The van der Waals surface area contributed by atoms with Gasteiger partial charge >= 0.3 is 18.0 Å². The quantitative estimate of drug-likeness (QED) is 0.409. The standard InChI is InChI=1S/C23H22ClF6N5O2/c1-21(31,15-3-2-4-16(11-15)23(28,29)30)13-32-18(36)12-35-20(37)34(10-9-22(25,26)27)19(33-35)14-5-7-17(24)8-6-14/h2-8,11H,9-10,12-13,31H2,1H3,(H,32,36). The van der Waals surface area contributed by atoms with Crippen molar-refractivity contribution in [1.29, 1.82) is 0 Å². The molecular weight excluding hydrogens is 528 g/mol. The summed E-state index contributed by atoms with van der Waals surface area (Å²) in [7, 11) is 0. The molecule has 0 spiro atoms. The van der Waals surface area contributed by atoms with Gasteiger partial charge in [0, 0.05) is 23.7 Å². The summed E-state index contributed by atoms with van der Waals surface area (Å²) in [6.07, 6.45) is -10.4. The fourth-order valence-corrected chi connectivity index (χ4v) is 3.55. The molecule has 14 heteroatoms. The predicted molar refractivity (Wildman–Crippen MR) is 124 cm³/mol. The number of carbonyl (C=O) groups is 1. The molecule has 7 nitrogen and oxygen atoms in total. The van der Waals surface area contributed by atoms with Gasteiger partial charge in [0.05, 0.1) is 17.5 Å². The molecule has 3 rings (SSSR count). The van der Waals surface area contributed by atoms with Crippen LogP contribution >= 0.6 is 11.6 Å². The minimum absolute atomic E-state index is 0.0913. The van der Waals surface area contributed by atoms with Crippen LogP contribution in [0.4, 0.5) is 26.3 Å². The van der Waals surface area contributed by atoms with Gasteiger partial charge in [0.1, 0.15) is 6.54 Å². The molecule has 0 bridgehead atoms. The second kappa shape index (κ2) is 10.6. The maximum Gasteiger partial charge on any atom is 0.416 e. The minimum atomic E-state index is -4.58. The van der Waals surface area contributed by atoms with Crippen molar-refractivity contribution in [2.24, 2.45) is 5.73 Å². The van der Waals surface area contributed by atoms with Gasteiger partial charge in [-0.3, -0.25) is 9.36 Å². The second-order valence-corrected chi connectivity index (χ2v) is 9.00. The molecule has 0 fully saturated rings. The van der Waals surface area contributed by atoms with Crippen LogP contribution < -0.4 is 16.7 Å². The lowest BCUT2D eigenvalue weighted by Crippen LogP contribution is -2.46. The Morgan fingerprint density at radius 2 is 1.68 bits per heavy atom. The molecule has 0 aliphatic heterocycles. The van der Waals surface area contributed by atoms with E-state index >= 15 is 0 Å². The van der Waals surface area contributed by atoms with Crippen molar-refractivity contribution in [3.8, 4) is 11.4 Å². The summed E-state index contributed by atoms with van der Waals surface area (Å²) < 4.78 is 79.1. The number of nitrogens with zero attached hydrogens (tertiary/aromatic N) is 3. The molecule has 1 aromatic heterocycles. The molecule has 0 saturated carbocycles. The van der Waals surface area contributed by atoms with Crippen LogP contribution in [-0.4, -0.2) is 33.0 Å². The fraction of sp³-hybridized carbons (Fsp3) is 0.348. The number of benzene rings is 2.